The number of benzene rings is 1. The Bertz CT molecular complexity index is 469. The van der Waals surface area contributed by atoms with Gasteiger partial charge in [-0.25, -0.2) is 8.42 Å². The van der Waals surface area contributed by atoms with Gasteiger partial charge in [-0.15, -0.1) is 0 Å². The Labute approximate surface area is 104 Å². The molecule has 0 radical (unpaired) electrons. The maximum absolute atomic E-state index is 11.4. The highest BCUT2D eigenvalue weighted by atomic mass is 79.9. The van der Waals surface area contributed by atoms with Crippen LogP contribution in [0.3, 0.4) is 0 Å². The predicted molar refractivity (Wildman–Crippen MR) is 67.8 cm³/mol. The largest absolute Gasteiger partial charge is 0.324 e. The second-order valence-electron chi connectivity index (χ2n) is 4.24. The van der Waals surface area contributed by atoms with E-state index in [9.17, 15) is 8.42 Å². The van der Waals surface area contributed by atoms with Crippen molar-refractivity contribution in [3.8, 4) is 0 Å². The fourth-order valence-corrected chi connectivity index (χ4v) is 4.18. The van der Waals surface area contributed by atoms with E-state index in [0.717, 1.165) is 10.0 Å². The summed E-state index contributed by atoms with van der Waals surface area (Å²) < 4.78 is 23.7. The van der Waals surface area contributed by atoms with Crippen LogP contribution < -0.4 is 5.73 Å². The van der Waals surface area contributed by atoms with Crippen molar-refractivity contribution in [3.05, 3.63) is 34.3 Å². The number of nitrogens with two attached hydrogens (primary N) is 1. The Morgan fingerprint density at radius 1 is 1.31 bits per heavy atom. The minimum absolute atomic E-state index is 0.0613. The summed E-state index contributed by atoms with van der Waals surface area (Å²) in [5, 5.41) is 0. The van der Waals surface area contributed by atoms with Crippen LogP contribution in [0.1, 0.15) is 18.0 Å². The SMILES string of the molecule is NC(c1ccc(Br)cc1)C1CCS(=O)(=O)C1. The maximum Gasteiger partial charge on any atom is 0.150 e. The second kappa shape index (κ2) is 4.47. The fourth-order valence-electron chi connectivity index (χ4n) is 2.06. The molecule has 0 aliphatic carbocycles. The minimum atomic E-state index is -2.85. The van der Waals surface area contributed by atoms with Crippen molar-refractivity contribution in [1.29, 1.82) is 0 Å². The van der Waals surface area contributed by atoms with Crippen LogP contribution in [0.5, 0.6) is 0 Å². The molecular weight excluding hydrogens is 290 g/mol. The molecule has 3 nitrogen and oxygen atoms in total. The molecule has 88 valence electrons. The van der Waals surface area contributed by atoms with Crippen LogP contribution in [0.15, 0.2) is 28.7 Å². The van der Waals surface area contributed by atoms with Crippen LogP contribution in [0, 0.1) is 5.92 Å². The lowest BCUT2D eigenvalue weighted by atomic mass is 9.93. The zero-order valence-corrected chi connectivity index (χ0v) is 11.2. The monoisotopic (exact) mass is 303 g/mol. The van der Waals surface area contributed by atoms with Crippen LogP contribution in [-0.2, 0) is 9.84 Å². The van der Waals surface area contributed by atoms with E-state index >= 15 is 0 Å². The van der Waals surface area contributed by atoms with E-state index in [1.54, 1.807) is 0 Å². The third kappa shape index (κ3) is 2.64. The summed E-state index contributed by atoms with van der Waals surface area (Å²) in [5.41, 5.74) is 7.10. The molecule has 2 unspecified atom stereocenters. The maximum atomic E-state index is 11.4. The molecular formula is C11H14BrNO2S. The quantitative estimate of drug-likeness (QED) is 0.907. The van der Waals surface area contributed by atoms with Gasteiger partial charge in [-0.05, 0) is 30.0 Å². The number of halogens is 1. The van der Waals surface area contributed by atoms with Gasteiger partial charge in [0.1, 0.15) is 0 Å². The second-order valence-corrected chi connectivity index (χ2v) is 7.38. The first-order valence-electron chi connectivity index (χ1n) is 5.19. The Hall–Kier alpha value is -0.390. The highest BCUT2D eigenvalue weighted by molar-refractivity contribution is 9.10. The van der Waals surface area contributed by atoms with E-state index in [1.807, 2.05) is 24.3 Å². The van der Waals surface area contributed by atoms with Crippen molar-refractivity contribution in [2.75, 3.05) is 11.5 Å². The highest BCUT2D eigenvalue weighted by Crippen LogP contribution is 2.30. The molecule has 1 saturated heterocycles. The summed E-state index contributed by atoms with van der Waals surface area (Å²) in [6.07, 6.45) is 0.680. The smallest absolute Gasteiger partial charge is 0.150 e. The number of rotatable bonds is 2. The van der Waals surface area contributed by atoms with E-state index in [-0.39, 0.29) is 23.5 Å². The van der Waals surface area contributed by atoms with Gasteiger partial charge in [-0.3, -0.25) is 0 Å². The lowest BCUT2D eigenvalue weighted by Gasteiger charge is -2.18. The molecule has 5 heteroatoms. The van der Waals surface area contributed by atoms with Gasteiger partial charge in [0.25, 0.3) is 0 Å². The van der Waals surface area contributed by atoms with Crippen LogP contribution in [0.4, 0.5) is 0 Å². The van der Waals surface area contributed by atoms with E-state index in [4.69, 9.17) is 5.73 Å². The van der Waals surface area contributed by atoms with Gasteiger partial charge in [0.15, 0.2) is 9.84 Å². The average Bonchev–Trinajstić information content (AvgIpc) is 2.59. The molecule has 0 amide bonds. The van der Waals surface area contributed by atoms with Crippen LogP contribution in [0.2, 0.25) is 0 Å². The summed E-state index contributed by atoms with van der Waals surface area (Å²) in [7, 11) is -2.85. The molecule has 1 aromatic rings. The van der Waals surface area contributed by atoms with Crippen molar-refractivity contribution in [1.82, 2.24) is 0 Å². The van der Waals surface area contributed by atoms with Crippen LogP contribution in [-0.4, -0.2) is 19.9 Å². The van der Waals surface area contributed by atoms with Crippen molar-refractivity contribution in [2.24, 2.45) is 11.7 Å². The van der Waals surface area contributed by atoms with Gasteiger partial charge >= 0.3 is 0 Å². The highest BCUT2D eigenvalue weighted by Gasteiger charge is 2.32. The molecule has 2 atom stereocenters. The zero-order chi connectivity index (χ0) is 11.8. The Morgan fingerprint density at radius 2 is 1.94 bits per heavy atom. The predicted octanol–water partition coefficient (Wildman–Crippen LogP) is 1.88. The molecule has 0 saturated carbocycles. The molecule has 16 heavy (non-hydrogen) atoms. The number of sulfone groups is 1. The van der Waals surface area contributed by atoms with Gasteiger partial charge < -0.3 is 5.73 Å². The molecule has 0 bridgehead atoms. The van der Waals surface area contributed by atoms with Crippen molar-refractivity contribution in [2.45, 2.75) is 12.5 Å². The first-order valence-corrected chi connectivity index (χ1v) is 7.81. The summed E-state index contributed by atoms with van der Waals surface area (Å²) >= 11 is 3.36. The number of hydrogen-bond acceptors (Lipinski definition) is 3. The van der Waals surface area contributed by atoms with E-state index in [2.05, 4.69) is 15.9 Å². The summed E-state index contributed by atoms with van der Waals surface area (Å²) in [6.45, 7) is 0. The minimum Gasteiger partial charge on any atom is -0.324 e. The molecule has 0 aromatic heterocycles. The summed E-state index contributed by atoms with van der Waals surface area (Å²) in [5.74, 6) is 0.567. The molecule has 1 aromatic carbocycles. The van der Waals surface area contributed by atoms with E-state index < -0.39 is 9.84 Å². The molecule has 2 N–H and O–H groups in total. The third-order valence-corrected chi connectivity index (χ3v) is 5.35. The summed E-state index contributed by atoms with van der Waals surface area (Å²) in [6, 6.07) is 7.57. The normalized spacial score (nSPS) is 25.5. The Morgan fingerprint density at radius 3 is 2.44 bits per heavy atom. The molecule has 1 fully saturated rings. The first kappa shape index (κ1) is 12.1. The molecule has 1 heterocycles. The van der Waals surface area contributed by atoms with Gasteiger partial charge in [-0.2, -0.15) is 0 Å². The van der Waals surface area contributed by atoms with Gasteiger partial charge in [0, 0.05) is 10.5 Å². The van der Waals surface area contributed by atoms with Crippen LogP contribution >= 0.6 is 15.9 Å². The zero-order valence-electron chi connectivity index (χ0n) is 8.77. The lowest BCUT2D eigenvalue weighted by molar-refractivity contribution is 0.480. The Balaban J connectivity index is 2.14. The third-order valence-electron chi connectivity index (χ3n) is 3.03. The standard InChI is InChI=1S/C11H14BrNO2S/c12-10-3-1-8(2-4-10)11(13)9-5-6-16(14,15)7-9/h1-4,9,11H,5-7,13H2. The Kier molecular flexibility index (Phi) is 3.37. The fraction of sp³-hybridized carbons (Fsp3) is 0.455. The topological polar surface area (TPSA) is 60.2 Å². The van der Waals surface area contributed by atoms with Gasteiger partial charge in [0.05, 0.1) is 11.5 Å². The van der Waals surface area contributed by atoms with Crippen molar-refractivity contribution < 1.29 is 8.42 Å². The molecule has 2 rings (SSSR count). The lowest BCUT2D eigenvalue weighted by Crippen LogP contribution is -2.22. The van der Waals surface area contributed by atoms with Gasteiger partial charge in [-0.1, -0.05) is 28.1 Å². The van der Waals surface area contributed by atoms with Crippen LogP contribution in [0.25, 0.3) is 0 Å². The van der Waals surface area contributed by atoms with Gasteiger partial charge in [0.2, 0.25) is 0 Å². The van der Waals surface area contributed by atoms with E-state index in [0.29, 0.717) is 6.42 Å². The first-order chi connectivity index (χ1) is 7.48. The van der Waals surface area contributed by atoms with Crippen molar-refractivity contribution in [3.63, 3.8) is 0 Å². The van der Waals surface area contributed by atoms with E-state index in [1.165, 1.54) is 0 Å². The average molecular weight is 304 g/mol. The summed E-state index contributed by atoms with van der Waals surface area (Å²) in [4.78, 5) is 0. The molecule has 1 aliphatic rings. The van der Waals surface area contributed by atoms with Crippen molar-refractivity contribution >= 4 is 25.8 Å². The molecule has 0 spiro atoms. The number of hydrogen-bond donors (Lipinski definition) is 1. The molecule has 1 aliphatic heterocycles.